The van der Waals surface area contributed by atoms with Crippen LogP contribution < -0.4 is 11.1 Å². The van der Waals surface area contributed by atoms with Gasteiger partial charge in [0.1, 0.15) is 0 Å². The van der Waals surface area contributed by atoms with Crippen LogP contribution in [0.3, 0.4) is 0 Å². The number of anilines is 1. The summed E-state index contributed by atoms with van der Waals surface area (Å²) < 4.78 is 37.7. The number of nitrogens with zero attached hydrogens (tertiary/aromatic N) is 1. The number of thiazole rings is 1. The lowest BCUT2D eigenvalue weighted by Crippen LogP contribution is -2.23. The second-order valence-corrected chi connectivity index (χ2v) is 7.38. The zero-order chi connectivity index (χ0) is 18.0. The number of carbonyl (C=O) groups excluding carboxylic acids is 1. The molecule has 142 valence electrons. The lowest BCUT2D eigenvalue weighted by atomic mass is 10.1. The minimum Gasteiger partial charge on any atom is -0.328 e. The van der Waals surface area contributed by atoms with E-state index in [2.05, 4.69) is 10.3 Å². The predicted molar refractivity (Wildman–Crippen MR) is 97.6 cm³/mol. The highest BCUT2D eigenvalue weighted by Gasteiger charge is 2.30. The average Bonchev–Trinajstić information content (AvgIpc) is 3.16. The van der Waals surface area contributed by atoms with Crippen LogP contribution in [0.2, 0.25) is 0 Å². The third-order valence-corrected chi connectivity index (χ3v) is 5.20. The molecule has 1 aliphatic rings. The molecule has 1 fully saturated rings. The monoisotopic (exact) mass is 405 g/mol. The Morgan fingerprint density at radius 1 is 1.27 bits per heavy atom. The van der Waals surface area contributed by atoms with Crippen LogP contribution in [0.4, 0.5) is 18.3 Å². The fraction of sp³-hybridized carbons (Fsp3) is 0.412. The van der Waals surface area contributed by atoms with Crippen molar-refractivity contribution in [3.8, 4) is 0 Å². The van der Waals surface area contributed by atoms with Crippen LogP contribution in [-0.4, -0.2) is 16.9 Å². The Bertz CT molecular complexity index is 748. The third-order valence-electron chi connectivity index (χ3n) is 4.29. The van der Waals surface area contributed by atoms with E-state index in [-0.39, 0.29) is 30.3 Å². The maximum absolute atomic E-state index is 12.6. The molecular formula is C17H19ClF3N3OS. The number of alkyl halides is 3. The molecule has 3 rings (SSSR count). The number of nitrogens with two attached hydrogens (primary N) is 1. The van der Waals surface area contributed by atoms with Crippen LogP contribution in [0.5, 0.6) is 0 Å². The van der Waals surface area contributed by atoms with Gasteiger partial charge >= 0.3 is 6.18 Å². The molecular weight excluding hydrogens is 387 g/mol. The summed E-state index contributed by atoms with van der Waals surface area (Å²) in [4.78, 5) is 17.2. The number of nitrogens with one attached hydrogen (secondary N) is 1. The molecule has 3 N–H and O–H groups in total. The highest BCUT2D eigenvalue weighted by atomic mass is 35.5. The molecule has 26 heavy (non-hydrogen) atoms. The largest absolute Gasteiger partial charge is 0.416 e. The van der Waals surface area contributed by atoms with Crippen molar-refractivity contribution in [1.82, 2.24) is 4.98 Å². The first-order valence-corrected chi connectivity index (χ1v) is 8.80. The molecule has 2 atom stereocenters. The Balaban J connectivity index is 0.00000243. The summed E-state index contributed by atoms with van der Waals surface area (Å²) >= 11 is 1.33. The summed E-state index contributed by atoms with van der Waals surface area (Å²) in [6, 6.07) is 5.15. The van der Waals surface area contributed by atoms with Crippen molar-refractivity contribution in [1.29, 1.82) is 0 Å². The number of aromatic nitrogens is 1. The standard InChI is InChI=1S/C17H18F3N3OS.ClH/c18-17(19,20)12-4-1-10(2-5-12)7-14-9-22-16(25-14)23-15(24)11-3-6-13(21)8-11;/h1-2,4-5,9,11,13H,3,6-8,21H2,(H,22,23,24);1H. The molecule has 0 bridgehead atoms. The minimum atomic E-state index is -4.33. The van der Waals surface area contributed by atoms with Gasteiger partial charge in [0.15, 0.2) is 5.13 Å². The van der Waals surface area contributed by atoms with Gasteiger partial charge in [-0.3, -0.25) is 4.79 Å². The maximum Gasteiger partial charge on any atom is 0.416 e. The number of amides is 1. The quantitative estimate of drug-likeness (QED) is 0.799. The van der Waals surface area contributed by atoms with Crippen molar-refractivity contribution in [2.24, 2.45) is 11.7 Å². The summed E-state index contributed by atoms with van der Waals surface area (Å²) in [6.45, 7) is 0. The third kappa shape index (κ3) is 5.18. The molecule has 0 radical (unpaired) electrons. The van der Waals surface area contributed by atoms with Crippen LogP contribution in [0.15, 0.2) is 30.5 Å². The van der Waals surface area contributed by atoms with E-state index in [0.717, 1.165) is 35.4 Å². The molecule has 1 aliphatic carbocycles. The minimum absolute atomic E-state index is 0. The molecule has 1 heterocycles. The lowest BCUT2D eigenvalue weighted by molar-refractivity contribution is -0.137. The molecule has 0 saturated heterocycles. The van der Waals surface area contributed by atoms with Crippen molar-refractivity contribution in [3.63, 3.8) is 0 Å². The van der Waals surface area contributed by atoms with E-state index in [1.807, 2.05) is 0 Å². The van der Waals surface area contributed by atoms with Crippen molar-refractivity contribution < 1.29 is 18.0 Å². The Labute approximate surface area is 159 Å². The van der Waals surface area contributed by atoms with Crippen LogP contribution in [-0.2, 0) is 17.4 Å². The number of hydrogen-bond acceptors (Lipinski definition) is 4. The van der Waals surface area contributed by atoms with Crippen molar-refractivity contribution >= 4 is 34.8 Å². The van der Waals surface area contributed by atoms with Gasteiger partial charge in [-0.1, -0.05) is 12.1 Å². The molecule has 0 aliphatic heterocycles. The van der Waals surface area contributed by atoms with Crippen molar-refractivity contribution in [2.45, 2.75) is 37.9 Å². The van der Waals surface area contributed by atoms with Gasteiger partial charge in [-0.25, -0.2) is 4.98 Å². The van der Waals surface area contributed by atoms with E-state index in [1.54, 1.807) is 6.20 Å². The highest BCUT2D eigenvalue weighted by molar-refractivity contribution is 7.15. The normalized spacial score (nSPS) is 19.8. The van der Waals surface area contributed by atoms with E-state index in [1.165, 1.54) is 23.5 Å². The van der Waals surface area contributed by atoms with E-state index in [0.29, 0.717) is 18.0 Å². The van der Waals surface area contributed by atoms with Crippen molar-refractivity contribution in [2.75, 3.05) is 5.32 Å². The van der Waals surface area contributed by atoms with Gasteiger partial charge in [-0.2, -0.15) is 13.2 Å². The fourth-order valence-electron chi connectivity index (χ4n) is 2.92. The molecule has 4 nitrogen and oxygen atoms in total. The zero-order valence-electron chi connectivity index (χ0n) is 13.8. The summed E-state index contributed by atoms with van der Waals surface area (Å²) in [5, 5.41) is 3.31. The Morgan fingerprint density at radius 3 is 2.54 bits per heavy atom. The first kappa shape index (κ1) is 20.7. The number of hydrogen-bond donors (Lipinski definition) is 2. The number of halogens is 4. The molecule has 9 heteroatoms. The Morgan fingerprint density at radius 2 is 1.96 bits per heavy atom. The second kappa shape index (κ2) is 8.37. The number of benzene rings is 1. The SMILES string of the molecule is Cl.NC1CCC(C(=O)Nc2ncc(Cc3ccc(C(F)(F)F)cc3)s2)C1. The zero-order valence-corrected chi connectivity index (χ0v) is 15.4. The van der Waals surface area contributed by atoms with Gasteiger partial charge in [0, 0.05) is 29.5 Å². The molecule has 2 unspecified atom stereocenters. The molecule has 1 aromatic carbocycles. The summed E-state index contributed by atoms with van der Waals surface area (Å²) in [5.74, 6) is -0.138. The molecule has 1 amide bonds. The van der Waals surface area contributed by atoms with E-state index in [4.69, 9.17) is 5.73 Å². The van der Waals surface area contributed by atoms with Gasteiger partial charge in [-0.15, -0.1) is 23.7 Å². The smallest absolute Gasteiger partial charge is 0.328 e. The fourth-order valence-corrected chi connectivity index (χ4v) is 3.77. The predicted octanol–water partition coefficient (Wildman–Crippen LogP) is 4.24. The molecule has 1 saturated carbocycles. The summed E-state index contributed by atoms with van der Waals surface area (Å²) in [6.07, 6.45) is 0.114. The van der Waals surface area contributed by atoms with E-state index >= 15 is 0 Å². The maximum atomic E-state index is 12.6. The Kier molecular flexibility index (Phi) is 6.65. The Hall–Kier alpha value is -1.64. The second-order valence-electron chi connectivity index (χ2n) is 6.26. The first-order chi connectivity index (χ1) is 11.8. The number of rotatable bonds is 4. The van der Waals surface area contributed by atoms with Gasteiger partial charge in [0.2, 0.25) is 5.91 Å². The highest BCUT2D eigenvalue weighted by Crippen LogP contribution is 2.30. The van der Waals surface area contributed by atoms with Crippen LogP contribution in [0.1, 0.15) is 35.3 Å². The van der Waals surface area contributed by atoms with E-state index in [9.17, 15) is 18.0 Å². The number of carbonyl (C=O) groups is 1. The van der Waals surface area contributed by atoms with Crippen LogP contribution in [0, 0.1) is 5.92 Å². The van der Waals surface area contributed by atoms with Crippen molar-refractivity contribution in [3.05, 3.63) is 46.5 Å². The van der Waals surface area contributed by atoms with Crippen LogP contribution in [0.25, 0.3) is 0 Å². The van der Waals surface area contributed by atoms with Gasteiger partial charge < -0.3 is 11.1 Å². The summed E-state index contributed by atoms with van der Waals surface area (Å²) in [5.41, 5.74) is 5.92. The molecule has 0 spiro atoms. The topological polar surface area (TPSA) is 68.0 Å². The summed E-state index contributed by atoms with van der Waals surface area (Å²) in [7, 11) is 0. The van der Waals surface area contributed by atoms with Crippen LogP contribution >= 0.6 is 23.7 Å². The average molecular weight is 406 g/mol. The van der Waals surface area contributed by atoms with E-state index < -0.39 is 11.7 Å². The van der Waals surface area contributed by atoms with Gasteiger partial charge in [0.05, 0.1) is 5.56 Å². The lowest BCUT2D eigenvalue weighted by Gasteiger charge is -2.08. The molecule has 1 aromatic heterocycles. The first-order valence-electron chi connectivity index (χ1n) is 7.98. The van der Waals surface area contributed by atoms with Gasteiger partial charge in [-0.05, 0) is 37.0 Å². The molecule has 2 aromatic rings. The van der Waals surface area contributed by atoms with Gasteiger partial charge in [0.25, 0.3) is 0 Å².